The number of carbonyl (C=O) groups is 1. The lowest BCUT2D eigenvalue weighted by atomic mass is 10.0. The maximum absolute atomic E-state index is 13.4. The van der Waals surface area contributed by atoms with Crippen LogP contribution in [0.25, 0.3) is 6.08 Å². The van der Waals surface area contributed by atoms with Gasteiger partial charge < -0.3 is 9.80 Å². The molecular weight excluding hydrogens is 545 g/mol. The Labute approximate surface area is 245 Å². The summed E-state index contributed by atoms with van der Waals surface area (Å²) in [6.45, 7) is 9.44. The van der Waals surface area contributed by atoms with Crippen molar-refractivity contribution in [3.05, 3.63) is 62.0 Å². The molecule has 2 aromatic rings. The molecule has 0 bridgehead atoms. The molecule has 0 saturated carbocycles. The van der Waals surface area contributed by atoms with Gasteiger partial charge >= 0.3 is 0 Å². The van der Waals surface area contributed by atoms with Crippen LogP contribution in [0.2, 0.25) is 0 Å². The first-order valence-electron chi connectivity index (χ1n) is 14.0. The second-order valence-electron chi connectivity index (χ2n) is 10.1. The van der Waals surface area contributed by atoms with Gasteiger partial charge in [0, 0.05) is 50.5 Å². The van der Waals surface area contributed by atoms with Crippen molar-refractivity contribution >= 4 is 51.8 Å². The number of thiocarbonyl (C=S) groups is 1. The van der Waals surface area contributed by atoms with Gasteiger partial charge in [-0.25, -0.2) is 4.39 Å². The van der Waals surface area contributed by atoms with E-state index >= 15 is 0 Å². The lowest BCUT2D eigenvalue weighted by Gasteiger charge is -2.39. The highest BCUT2D eigenvalue weighted by molar-refractivity contribution is 8.26. The maximum Gasteiger partial charge on any atom is 0.270 e. The van der Waals surface area contributed by atoms with Crippen LogP contribution in [-0.4, -0.2) is 52.4 Å². The van der Waals surface area contributed by atoms with Crippen LogP contribution in [0.5, 0.6) is 0 Å². The van der Waals surface area contributed by atoms with Gasteiger partial charge in [0.25, 0.3) is 11.5 Å². The molecule has 0 unspecified atom stereocenters. The SMILES string of the molecule is CCCCCCCN1C(=O)/C(=C/c2c(C)c(C#N)c(=O)n(CC)c2N2CCN(c3ccc(F)cc3)CC2)SC1=S. The van der Waals surface area contributed by atoms with E-state index in [1.54, 1.807) is 28.5 Å². The Balaban J connectivity index is 1.65. The van der Waals surface area contributed by atoms with Crippen LogP contribution in [0.4, 0.5) is 15.9 Å². The normalized spacial score (nSPS) is 16.8. The minimum Gasteiger partial charge on any atom is -0.368 e. The number of anilines is 2. The van der Waals surface area contributed by atoms with Gasteiger partial charge in [-0.1, -0.05) is 56.6 Å². The molecule has 2 aliphatic rings. The zero-order valence-corrected chi connectivity index (χ0v) is 25.0. The molecule has 1 aromatic carbocycles. The van der Waals surface area contributed by atoms with E-state index in [0.717, 1.165) is 31.4 Å². The van der Waals surface area contributed by atoms with Gasteiger partial charge in [-0.05, 0) is 56.2 Å². The summed E-state index contributed by atoms with van der Waals surface area (Å²) in [5.41, 5.74) is 1.99. The number of amides is 1. The zero-order chi connectivity index (χ0) is 28.8. The fraction of sp³-hybridized carbons (Fsp3) is 0.467. The van der Waals surface area contributed by atoms with Gasteiger partial charge in [-0.3, -0.25) is 19.1 Å². The monoisotopic (exact) mass is 581 g/mol. The van der Waals surface area contributed by atoms with E-state index in [1.165, 1.54) is 30.3 Å². The van der Waals surface area contributed by atoms with Crippen LogP contribution in [0.1, 0.15) is 62.6 Å². The van der Waals surface area contributed by atoms with Gasteiger partial charge in [-0.15, -0.1) is 0 Å². The molecule has 2 saturated heterocycles. The van der Waals surface area contributed by atoms with Crippen LogP contribution >= 0.6 is 24.0 Å². The number of thioether (sulfide) groups is 1. The van der Waals surface area contributed by atoms with Gasteiger partial charge in [-0.2, -0.15) is 5.26 Å². The third-order valence-electron chi connectivity index (χ3n) is 7.57. The van der Waals surface area contributed by atoms with E-state index in [-0.39, 0.29) is 22.8 Å². The summed E-state index contributed by atoms with van der Waals surface area (Å²) in [7, 11) is 0. The molecule has 2 fully saturated rings. The van der Waals surface area contributed by atoms with Crippen molar-refractivity contribution in [1.82, 2.24) is 9.47 Å². The lowest BCUT2D eigenvalue weighted by Crippen LogP contribution is -2.48. The number of nitrogens with zero attached hydrogens (tertiary/aromatic N) is 5. The smallest absolute Gasteiger partial charge is 0.270 e. The Hall–Kier alpha value is -3.16. The first-order valence-corrected chi connectivity index (χ1v) is 15.2. The number of pyridine rings is 1. The number of hydrogen-bond donors (Lipinski definition) is 0. The third-order valence-corrected chi connectivity index (χ3v) is 8.95. The second-order valence-corrected chi connectivity index (χ2v) is 11.8. The number of nitriles is 1. The highest BCUT2D eigenvalue weighted by Crippen LogP contribution is 2.36. The summed E-state index contributed by atoms with van der Waals surface area (Å²) in [5, 5.41) is 9.85. The van der Waals surface area contributed by atoms with Crippen molar-refractivity contribution in [3.8, 4) is 6.07 Å². The average molecular weight is 582 g/mol. The number of rotatable bonds is 10. The Morgan fingerprint density at radius 1 is 1.02 bits per heavy atom. The number of unbranched alkanes of at least 4 members (excludes halogenated alkanes) is 4. The number of carbonyl (C=O) groups excluding carboxylic acids is 1. The van der Waals surface area contributed by atoms with Crippen molar-refractivity contribution in [2.45, 2.75) is 59.4 Å². The van der Waals surface area contributed by atoms with Crippen molar-refractivity contribution in [1.29, 1.82) is 5.26 Å². The summed E-state index contributed by atoms with van der Waals surface area (Å²) in [4.78, 5) is 33.3. The summed E-state index contributed by atoms with van der Waals surface area (Å²) >= 11 is 6.85. The van der Waals surface area contributed by atoms with Crippen LogP contribution in [0.3, 0.4) is 0 Å². The molecule has 10 heteroatoms. The van der Waals surface area contributed by atoms with Crippen molar-refractivity contribution < 1.29 is 9.18 Å². The molecule has 0 atom stereocenters. The first-order chi connectivity index (χ1) is 19.3. The van der Waals surface area contributed by atoms with E-state index < -0.39 is 0 Å². The molecule has 0 N–H and O–H groups in total. The first kappa shape index (κ1) is 29.8. The highest BCUT2D eigenvalue weighted by atomic mass is 32.2. The molecule has 40 heavy (non-hydrogen) atoms. The van der Waals surface area contributed by atoms with Gasteiger partial charge in [0.15, 0.2) is 0 Å². The van der Waals surface area contributed by atoms with Gasteiger partial charge in [0.2, 0.25) is 0 Å². The summed E-state index contributed by atoms with van der Waals surface area (Å²) in [5.74, 6) is 0.325. The molecule has 0 aliphatic carbocycles. The molecule has 1 aromatic heterocycles. The fourth-order valence-electron chi connectivity index (χ4n) is 5.30. The zero-order valence-electron chi connectivity index (χ0n) is 23.4. The number of hydrogen-bond acceptors (Lipinski definition) is 7. The van der Waals surface area contributed by atoms with E-state index in [9.17, 15) is 19.2 Å². The van der Waals surface area contributed by atoms with Crippen LogP contribution in [0.15, 0.2) is 34.0 Å². The molecule has 2 aliphatic heterocycles. The van der Waals surface area contributed by atoms with E-state index in [0.29, 0.717) is 65.4 Å². The molecule has 4 rings (SSSR count). The van der Waals surface area contributed by atoms with Crippen LogP contribution in [0, 0.1) is 24.1 Å². The Morgan fingerprint density at radius 2 is 1.68 bits per heavy atom. The third kappa shape index (κ3) is 6.26. The molecule has 212 valence electrons. The fourth-order valence-corrected chi connectivity index (χ4v) is 6.59. The molecule has 0 radical (unpaired) electrons. The lowest BCUT2D eigenvalue weighted by molar-refractivity contribution is -0.122. The summed E-state index contributed by atoms with van der Waals surface area (Å²) in [6.07, 6.45) is 7.28. The topological polar surface area (TPSA) is 72.6 Å². The maximum atomic E-state index is 13.4. The van der Waals surface area contributed by atoms with Crippen molar-refractivity contribution in [2.24, 2.45) is 0 Å². The standard InChI is InChI=1S/C30H36FN5O2S2/c1-4-6-7-8-9-14-36-29(38)26(40-30(36)39)19-24-21(3)25(20-32)28(37)35(5-2)27(24)34-17-15-33(16-18-34)23-12-10-22(31)11-13-23/h10-13,19H,4-9,14-18H2,1-3H3/b26-19-. The number of halogens is 1. The minimum absolute atomic E-state index is 0.0909. The second kappa shape index (κ2) is 13.5. The Bertz CT molecular complexity index is 1390. The molecule has 0 spiro atoms. The largest absolute Gasteiger partial charge is 0.368 e. The number of aromatic nitrogens is 1. The predicted octanol–water partition coefficient (Wildman–Crippen LogP) is 5.69. The summed E-state index contributed by atoms with van der Waals surface area (Å²) in [6, 6.07) is 8.56. The van der Waals surface area contributed by atoms with Gasteiger partial charge in [0.05, 0.1) is 4.91 Å². The molecule has 7 nitrogen and oxygen atoms in total. The Kier molecular flexibility index (Phi) is 10.0. The molecular formula is C30H36FN5O2S2. The van der Waals surface area contributed by atoms with E-state index in [1.807, 2.05) is 13.0 Å². The highest BCUT2D eigenvalue weighted by Gasteiger charge is 2.33. The van der Waals surface area contributed by atoms with Crippen LogP contribution < -0.4 is 15.4 Å². The predicted molar refractivity (Wildman–Crippen MR) is 165 cm³/mol. The number of benzene rings is 1. The van der Waals surface area contributed by atoms with Crippen LogP contribution in [-0.2, 0) is 11.3 Å². The Morgan fingerprint density at radius 3 is 2.30 bits per heavy atom. The quantitative estimate of drug-likeness (QED) is 0.203. The van der Waals surface area contributed by atoms with E-state index in [2.05, 4.69) is 22.8 Å². The number of piperazine rings is 1. The van der Waals surface area contributed by atoms with E-state index in [4.69, 9.17) is 12.2 Å². The molecule has 3 heterocycles. The van der Waals surface area contributed by atoms with Crippen molar-refractivity contribution in [3.63, 3.8) is 0 Å². The minimum atomic E-state index is -0.324. The molecule has 1 amide bonds. The summed E-state index contributed by atoms with van der Waals surface area (Å²) < 4.78 is 15.6. The van der Waals surface area contributed by atoms with Gasteiger partial charge in [0.1, 0.15) is 27.6 Å². The average Bonchev–Trinajstić information content (AvgIpc) is 3.22. The van der Waals surface area contributed by atoms with Crippen molar-refractivity contribution in [2.75, 3.05) is 42.5 Å².